The van der Waals surface area contributed by atoms with Crippen LogP contribution in [-0.4, -0.2) is 13.1 Å². The average Bonchev–Trinajstić information content (AvgIpc) is 2.03. The Balaban J connectivity index is 2.56. The standard InChI is InChI=1S/C10H15FN2/c1-8-5-9(11)7-10(6-8)13-4-2-3-12/h5-7,13H,2-4,12H2,1H3. The maximum Gasteiger partial charge on any atom is 0.125 e. The number of benzene rings is 1. The summed E-state index contributed by atoms with van der Waals surface area (Å²) in [7, 11) is 0. The molecular formula is C10H15FN2. The molecule has 0 bridgehead atoms. The Bertz CT molecular complexity index is 253. The van der Waals surface area contributed by atoms with E-state index in [1.54, 1.807) is 0 Å². The number of nitrogens with one attached hydrogen (secondary N) is 1. The lowest BCUT2D eigenvalue weighted by atomic mass is 10.2. The van der Waals surface area contributed by atoms with Crippen LogP contribution in [0.4, 0.5) is 10.1 Å². The van der Waals surface area contributed by atoms with E-state index in [9.17, 15) is 4.39 Å². The van der Waals surface area contributed by atoms with Gasteiger partial charge in [-0.2, -0.15) is 0 Å². The van der Waals surface area contributed by atoms with E-state index in [1.807, 2.05) is 13.0 Å². The van der Waals surface area contributed by atoms with Crippen molar-refractivity contribution in [2.75, 3.05) is 18.4 Å². The van der Waals surface area contributed by atoms with E-state index >= 15 is 0 Å². The second-order valence-electron chi connectivity index (χ2n) is 3.09. The van der Waals surface area contributed by atoms with E-state index in [-0.39, 0.29) is 5.82 Å². The Morgan fingerprint density at radius 2 is 2.15 bits per heavy atom. The summed E-state index contributed by atoms with van der Waals surface area (Å²) in [4.78, 5) is 0. The molecule has 0 fully saturated rings. The Morgan fingerprint density at radius 1 is 1.38 bits per heavy atom. The molecular weight excluding hydrogens is 167 g/mol. The van der Waals surface area contributed by atoms with Gasteiger partial charge < -0.3 is 11.1 Å². The predicted octanol–water partition coefficient (Wildman–Crippen LogP) is 1.89. The van der Waals surface area contributed by atoms with Gasteiger partial charge in [-0.3, -0.25) is 0 Å². The van der Waals surface area contributed by atoms with Crippen LogP contribution in [0, 0.1) is 12.7 Å². The van der Waals surface area contributed by atoms with Gasteiger partial charge in [-0.05, 0) is 43.7 Å². The third-order valence-electron chi connectivity index (χ3n) is 1.75. The molecule has 72 valence electrons. The highest BCUT2D eigenvalue weighted by atomic mass is 19.1. The molecule has 1 aromatic rings. The molecule has 0 spiro atoms. The molecule has 1 rings (SSSR count). The molecule has 0 saturated heterocycles. The number of aryl methyl sites for hydroxylation is 1. The number of anilines is 1. The molecule has 1 aromatic carbocycles. The monoisotopic (exact) mass is 182 g/mol. The number of rotatable bonds is 4. The lowest BCUT2D eigenvalue weighted by Crippen LogP contribution is -2.08. The first-order valence-corrected chi connectivity index (χ1v) is 4.43. The molecule has 3 heteroatoms. The number of hydrogen-bond donors (Lipinski definition) is 2. The summed E-state index contributed by atoms with van der Waals surface area (Å²) in [6, 6.07) is 4.91. The van der Waals surface area contributed by atoms with Crippen molar-refractivity contribution in [1.82, 2.24) is 0 Å². The third kappa shape index (κ3) is 3.42. The van der Waals surface area contributed by atoms with Crippen molar-refractivity contribution in [3.63, 3.8) is 0 Å². The molecule has 0 aromatic heterocycles. The van der Waals surface area contributed by atoms with Crippen LogP contribution in [0.2, 0.25) is 0 Å². The van der Waals surface area contributed by atoms with Gasteiger partial charge in [-0.1, -0.05) is 0 Å². The first-order valence-electron chi connectivity index (χ1n) is 4.43. The van der Waals surface area contributed by atoms with Gasteiger partial charge in [0.25, 0.3) is 0 Å². The minimum absolute atomic E-state index is 0.199. The highest BCUT2D eigenvalue weighted by molar-refractivity contribution is 5.45. The van der Waals surface area contributed by atoms with Crippen molar-refractivity contribution in [3.8, 4) is 0 Å². The summed E-state index contributed by atoms with van der Waals surface area (Å²) in [6.45, 7) is 3.32. The quantitative estimate of drug-likeness (QED) is 0.698. The molecule has 13 heavy (non-hydrogen) atoms. The molecule has 2 nitrogen and oxygen atoms in total. The van der Waals surface area contributed by atoms with E-state index in [2.05, 4.69) is 5.32 Å². The lowest BCUT2D eigenvalue weighted by Gasteiger charge is -2.06. The first-order chi connectivity index (χ1) is 6.22. The van der Waals surface area contributed by atoms with Crippen molar-refractivity contribution in [1.29, 1.82) is 0 Å². The van der Waals surface area contributed by atoms with Gasteiger partial charge in [-0.25, -0.2) is 4.39 Å². The molecule has 0 saturated carbocycles. The Labute approximate surface area is 77.9 Å². The summed E-state index contributed by atoms with van der Waals surface area (Å²) in [5, 5.41) is 3.11. The Kier molecular flexibility index (Phi) is 3.71. The largest absolute Gasteiger partial charge is 0.385 e. The van der Waals surface area contributed by atoms with Gasteiger partial charge in [0.2, 0.25) is 0 Å². The topological polar surface area (TPSA) is 38.0 Å². The van der Waals surface area contributed by atoms with Gasteiger partial charge in [0.1, 0.15) is 5.82 Å². The van der Waals surface area contributed by atoms with E-state index in [0.29, 0.717) is 6.54 Å². The minimum atomic E-state index is -0.199. The highest BCUT2D eigenvalue weighted by Gasteiger charge is 1.96. The molecule has 0 aliphatic carbocycles. The highest BCUT2D eigenvalue weighted by Crippen LogP contribution is 2.12. The van der Waals surface area contributed by atoms with Crippen LogP contribution in [-0.2, 0) is 0 Å². The van der Waals surface area contributed by atoms with Crippen LogP contribution in [0.1, 0.15) is 12.0 Å². The van der Waals surface area contributed by atoms with Gasteiger partial charge in [0, 0.05) is 12.2 Å². The summed E-state index contributed by atoms with van der Waals surface area (Å²) in [5.41, 5.74) is 7.09. The smallest absolute Gasteiger partial charge is 0.125 e. The Hall–Kier alpha value is -1.09. The van der Waals surface area contributed by atoms with Crippen LogP contribution in [0.15, 0.2) is 18.2 Å². The molecule has 0 aliphatic heterocycles. The van der Waals surface area contributed by atoms with Crippen molar-refractivity contribution < 1.29 is 4.39 Å². The summed E-state index contributed by atoms with van der Waals surface area (Å²) < 4.78 is 12.9. The second kappa shape index (κ2) is 4.82. The summed E-state index contributed by atoms with van der Waals surface area (Å²) in [6.07, 6.45) is 0.898. The second-order valence-corrected chi connectivity index (χ2v) is 3.09. The zero-order valence-corrected chi connectivity index (χ0v) is 7.81. The van der Waals surface area contributed by atoms with Crippen LogP contribution < -0.4 is 11.1 Å². The van der Waals surface area contributed by atoms with Gasteiger partial charge >= 0.3 is 0 Å². The van der Waals surface area contributed by atoms with Crippen LogP contribution in [0.5, 0.6) is 0 Å². The molecule has 0 amide bonds. The Morgan fingerprint density at radius 3 is 2.77 bits per heavy atom. The van der Waals surface area contributed by atoms with Crippen LogP contribution in [0.25, 0.3) is 0 Å². The average molecular weight is 182 g/mol. The molecule has 0 aliphatic rings. The van der Waals surface area contributed by atoms with Crippen LogP contribution in [0.3, 0.4) is 0 Å². The maximum atomic E-state index is 12.9. The summed E-state index contributed by atoms with van der Waals surface area (Å²) in [5.74, 6) is -0.199. The number of hydrogen-bond acceptors (Lipinski definition) is 2. The first kappa shape index (κ1) is 9.99. The normalized spacial score (nSPS) is 10.1. The SMILES string of the molecule is Cc1cc(F)cc(NCCCN)c1. The van der Waals surface area contributed by atoms with Gasteiger partial charge in [0.05, 0.1) is 0 Å². The molecule has 0 radical (unpaired) electrons. The number of halogens is 1. The maximum absolute atomic E-state index is 12.9. The van der Waals surface area contributed by atoms with E-state index < -0.39 is 0 Å². The van der Waals surface area contributed by atoms with Crippen molar-refractivity contribution in [2.24, 2.45) is 5.73 Å². The fourth-order valence-corrected chi connectivity index (χ4v) is 1.17. The molecule has 0 heterocycles. The van der Waals surface area contributed by atoms with Gasteiger partial charge in [0.15, 0.2) is 0 Å². The molecule has 3 N–H and O–H groups in total. The molecule has 0 atom stereocenters. The van der Waals surface area contributed by atoms with Crippen molar-refractivity contribution in [2.45, 2.75) is 13.3 Å². The lowest BCUT2D eigenvalue weighted by molar-refractivity contribution is 0.627. The third-order valence-corrected chi connectivity index (χ3v) is 1.75. The van der Waals surface area contributed by atoms with Gasteiger partial charge in [-0.15, -0.1) is 0 Å². The fourth-order valence-electron chi connectivity index (χ4n) is 1.17. The number of nitrogens with two attached hydrogens (primary N) is 1. The van der Waals surface area contributed by atoms with E-state index in [4.69, 9.17) is 5.73 Å². The summed E-state index contributed by atoms with van der Waals surface area (Å²) >= 11 is 0. The van der Waals surface area contributed by atoms with Crippen LogP contribution >= 0.6 is 0 Å². The zero-order valence-electron chi connectivity index (χ0n) is 7.81. The van der Waals surface area contributed by atoms with E-state index in [1.165, 1.54) is 12.1 Å². The van der Waals surface area contributed by atoms with Crippen molar-refractivity contribution >= 4 is 5.69 Å². The fraction of sp³-hybridized carbons (Fsp3) is 0.400. The predicted molar refractivity (Wildman–Crippen MR) is 53.3 cm³/mol. The van der Waals surface area contributed by atoms with Crippen molar-refractivity contribution in [3.05, 3.63) is 29.6 Å². The minimum Gasteiger partial charge on any atom is -0.385 e. The zero-order chi connectivity index (χ0) is 9.68. The molecule has 0 unspecified atom stereocenters. The van der Waals surface area contributed by atoms with E-state index in [0.717, 1.165) is 24.2 Å².